The number of nitrogens with one attached hydrogen (secondary N) is 1. The van der Waals surface area contributed by atoms with Crippen molar-refractivity contribution in [1.82, 2.24) is 20.0 Å². The predicted octanol–water partition coefficient (Wildman–Crippen LogP) is 2.52. The van der Waals surface area contributed by atoms with Gasteiger partial charge in [-0.2, -0.15) is 5.10 Å². The van der Waals surface area contributed by atoms with Crippen LogP contribution < -0.4 is 0 Å². The van der Waals surface area contributed by atoms with Crippen LogP contribution in [0.15, 0.2) is 18.2 Å². The Balaban J connectivity index is 1.39. The lowest BCUT2D eigenvalue weighted by Gasteiger charge is -2.23. The maximum absolute atomic E-state index is 12.9. The van der Waals surface area contributed by atoms with Crippen molar-refractivity contribution in [3.8, 4) is 11.3 Å². The van der Waals surface area contributed by atoms with Gasteiger partial charge in [0.05, 0.1) is 11.8 Å². The molecule has 3 aliphatic heterocycles. The second-order valence-corrected chi connectivity index (χ2v) is 8.48. The van der Waals surface area contributed by atoms with Gasteiger partial charge in [0, 0.05) is 49.4 Å². The molecule has 1 aromatic carbocycles. The highest BCUT2D eigenvalue weighted by molar-refractivity contribution is 5.81. The molecule has 0 bridgehead atoms. The van der Waals surface area contributed by atoms with Crippen molar-refractivity contribution in [1.29, 1.82) is 0 Å². The number of H-pyrrole nitrogens is 1. The van der Waals surface area contributed by atoms with Gasteiger partial charge < -0.3 is 9.64 Å². The van der Waals surface area contributed by atoms with Crippen LogP contribution in [0.1, 0.15) is 42.1 Å². The minimum absolute atomic E-state index is 0.159. The van der Waals surface area contributed by atoms with Crippen molar-refractivity contribution >= 4 is 5.91 Å². The lowest BCUT2D eigenvalue weighted by atomic mass is 9.96. The Hall–Kier alpha value is -2.18. The van der Waals surface area contributed by atoms with Gasteiger partial charge in [0.25, 0.3) is 5.91 Å². The third-order valence-electron chi connectivity index (χ3n) is 6.43. The summed E-state index contributed by atoms with van der Waals surface area (Å²) in [4.78, 5) is 17.2. The van der Waals surface area contributed by atoms with Crippen molar-refractivity contribution in [3.63, 3.8) is 0 Å². The topological polar surface area (TPSA) is 61.5 Å². The lowest BCUT2D eigenvalue weighted by Crippen LogP contribution is -2.40. The van der Waals surface area contributed by atoms with E-state index in [2.05, 4.69) is 35.2 Å². The summed E-state index contributed by atoms with van der Waals surface area (Å²) in [6, 6.07) is 6.55. The van der Waals surface area contributed by atoms with Gasteiger partial charge in [0.1, 0.15) is 6.10 Å². The zero-order valence-electron chi connectivity index (χ0n) is 16.7. The normalized spacial score (nSPS) is 24.9. The molecule has 2 aromatic rings. The first-order valence-corrected chi connectivity index (χ1v) is 10.4. The molecule has 1 aromatic heterocycles. The van der Waals surface area contributed by atoms with Crippen LogP contribution in [0.4, 0.5) is 0 Å². The average Bonchev–Trinajstić information content (AvgIpc) is 3.35. The zero-order chi connectivity index (χ0) is 19.3. The smallest absolute Gasteiger partial charge is 0.251 e. The highest BCUT2D eigenvalue weighted by atomic mass is 16.5. The van der Waals surface area contributed by atoms with E-state index in [4.69, 9.17) is 9.84 Å². The van der Waals surface area contributed by atoms with Crippen LogP contribution in [0.5, 0.6) is 0 Å². The van der Waals surface area contributed by atoms with Gasteiger partial charge in [-0.1, -0.05) is 18.2 Å². The van der Waals surface area contributed by atoms with E-state index >= 15 is 0 Å². The molecule has 1 N–H and O–H groups in total. The minimum Gasteiger partial charge on any atom is -0.365 e. The van der Waals surface area contributed by atoms with Gasteiger partial charge >= 0.3 is 0 Å². The molecule has 6 nitrogen and oxygen atoms in total. The van der Waals surface area contributed by atoms with Crippen molar-refractivity contribution in [2.24, 2.45) is 0 Å². The van der Waals surface area contributed by atoms with E-state index in [-0.39, 0.29) is 18.1 Å². The fourth-order valence-electron chi connectivity index (χ4n) is 4.92. The van der Waals surface area contributed by atoms with Crippen LogP contribution in [0.2, 0.25) is 0 Å². The molecule has 4 heterocycles. The van der Waals surface area contributed by atoms with Crippen LogP contribution in [0.25, 0.3) is 11.3 Å². The summed E-state index contributed by atoms with van der Waals surface area (Å²) < 4.78 is 5.81. The van der Waals surface area contributed by atoms with E-state index in [1.165, 1.54) is 27.9 Å². The SMILES string of the molecule is C[C@@H]1CC[C@H](C(=O)N2CCc3[nH]nc(-c4cccc5c4CN(C)C5)c3CC2)O1. The molecule has 0 spiro atoms. The van der Waals surface area contributed by atoms with Crippen molar-refractivity contribution < 1.29 is 9.53 Å². The number of hydrogen-bond donors (Lipinski definition) is 1. The summed E-state index contributed by atoms with van der Waals surface area (Å²) in [5, 5.41) is 7.97. The molecule has 0 unspecified atom stereocenters. The Bertz CT molecular complexity index is 906. The minimum atomic E-state index is -0.253. The molecule has 0 radical (unpaired) electrons. The largest absolute Gasteiger partial charge is 0.365 e. The van der Waals surface area contributed by atoms with Gasteiger partial charge in [0.15, 0.2) is 0 Å². The second kappa shape index (κ2) is 7.01. The number of aromatic nitrogens is 2. The number of carbonyl (C=O) groups excluding carboxylic acids is 1. The van der Waals surface area contributed by atoms with Crippen molar-refractivity contribution in [2.45, 2.75) is 57.9 Å². The van der Waals surface area contributed by atoms with E-state index < -0.39 is 0 Å². The van der Waals surface area contributed by atoms with E-state index in [1.807, 2.05) is 11.8 Å². The quantitative estimate of drug-likeness (QED) is 0.870. The van der Waals surface area contributed by atoms with Crippen LogP contribution in [-0.2, 0) is 35.5 Å². The fourth-order valence-corrected chi connectivity index (χ4v) is 4.92. The summed E-state index contributed by atoms with van der Waals surface area (Å²) in [5.41, 5.74) is 7.56. The van der Waals surface area contributed by atoms with Crippen molar-refractivity contribution in [3.05, 3.63) is 40.6 Å². The Morgan fingerprint density at radius 1 is 1.18 bits per heavy atom. The number of carbonyl (C=O) groups is 1. The van der Waals surface area contributed by atoms with E-state index in [1.54, 1.807) is 0 Å². The molecule has 0 aliphatic carbocycles. The first-order chi connectivity index (χ1) is 13.6. The van der Waals surface area contributed by atoms with E-state index in [0.717, 1.165) is 57.6 Å². The summed E-state index contributed by atoms with van der Waals surface area (Å²) in [7, 11) is 2.16. The number of hydrogen-bond acceptors (Lipinski definition) is 4. The Morgan fingerprint density at radius 3 is 2.86 bits per heavy atom. The number of rotatable bonds is 2. The number of ether oxygens (including phenoxy) is 1. The Morgan fingerprint density at radius 2 is 2.04 bits per heavy atom. The number of fused-ring (bicyclic) bond motifs is 2. The predicted molar refractivity (Wildman–Crippen MR) is 107 cm³/mol. The molecule has 148 valence electrons. The first-order valence-electron chi connectivity index (χ1n) is 10.4. The Kier molecular flexibility index (Phi) is 4.48. The summed E-state index contributed by atoms with van der Waals surface area (Å²) in [5.74, 6) is 0.159. The van der Waals surface area contributed by atoms with Crippen LogP contribution in [0.3, 0.4) is 0 Å². The standard InChI is InChI=1S/C22H28N4O2/c1-14-6-7-20(28-14)22(27)26-10-8-17-19(9-11-26)23-24-21(17)16-5-3-4-15-12-25(2)13-18(15)16/h3-5,14,20H,6-13H2,1-2H3,(H,23,24)/t14-,20-/m1/s1. The molecule has 5 rings (SSSR count). The summed E-state index contributed by atoms with van der Waals surface area (Å²) in [6.45, 7) is 5.49. The number of amides is 1. The molecule has 1 amide bonds. The van der Waals surface area contributed by atoms with E-state index in [9.17, 15) is 4.79 Å². The third-order valence-corrected chi connectivity index (χ3v) is 6.43. The molecular formula is C22H28N4O2. The van der Waals surface area contributed by atoms with Gasteiger partial charge in [-0.25, -0.2) is 0 Å². The third kappa shape index (κ3) is 3.05. The maximum atomic E-state index is 12.9. The molecule has 2 atom stereocenters. The van der Waals surface area contributed by atoms with Gasteiger partial charge in [-0.05, 0) is 44.4 Å². The van der Waals surface area contributed by atoms with Crippen LogP contribution >= 0.6 is 0 Å². The molecule has 3 aliphatic rings. The van der Waals surface area contributed by atoms with Gasteiger partial charge in [-0.3, -0.25) is 14.8 Å². The monoisotopic (exact) mass is 380 g/mol. The molecule has 1 saturated heterocycles. The second-order valence-electron chi connectivity index (χ2n) is 8.48. The highest BCUT2D eigenvalue weighted by Crippen LogP contribution is 2.34. The van der Waals surface area contributed by atoms with Crippen LogP contribution in [0, 0.1) is 0 Å². The fraction of sp³-hybridized carbons (Fsp3) is 0.545. The van der Waals surface area contributed by atoms with Crippen molar-refractivity contribution in [2.75, 3.05) is 20.1 Å². The zero-order valence-corrected chi connectivity index (χ0v) is 16.7. The van der Waals surface area contributed by atoms with Gasteiger partial charge in [-0.15, -0.1) is 0 Å². The lowest BCUT2D eigenvalue weighted by molar-refractivity contribution is -0.142. The number of aromatic amines is 1. The average molecular weight is 380 g/mol. The first kappa shape index (κ1) is 17.9. The summed E-state index contributed by atoms with van der Waals surface area (Å²) in [6.07, 6.45) is 3.43. The van der Waals surface area contributed by atoms with Crippen LogP contribution in [-0.4, -0.2) is 58.2 Å². The molecule has 6 heteroatoms. The maximum Gasteiger partial charge on any atom is 0.251 e. The molecule has 1 fully saturated rings. The number of nitrogens with zero attached hydrogens (tertiary/aromatic N) is 3. The van der Waals surface area contributed by atoms with Gasteiger partial charge in [0.2, 0.25) is 0 Å². The molecular weight excluding hydrogens is 352 g/mol. The van der Waals surface area contributed by atoms with E-state index in [0.29, 0.717) is 0 Å². The molecule has 28 heavy (non-hydrogen) atoms. The molecule has 0 saturated carbocycles. The summed E-state index contributed by atoms with van der Waals surface area (Å²) >= 11 is 0. The Labute approximate surface area is 165 Å². The number of benzene rings is 1. The highest BCUT2D eigenvalue weighted by Gasteiger charge is 2.33.